The molecule has 2 atom stereocenters. The molecule has 0 spiro atoms. The quantitative estimate of drug-likeness (QED) is 0.728. The fraction of sp³-hybridized carbons (Fsp3) is 0.462. The molecular weight excluding hydrogens is 246 g/mol. The highest BCUT2D eigenvalue weighted by Gasteiger charge is 2.20. The van der Waals surface area contributed by atoms with E-state index >= 15 is 0 Å². The number of carbonyl (C=O) groups is 2. The zero-order chi connectivity index (χ0) is 14.3. The minimum absolute atomic E-state index is 0.0228. The van der Waals surface area contributed by atoms with Gasteiger partial charge in [-0.15, -0.1) is 0 Å². The molecule has 1 heterocycles. The third-order valence-corrected chi connectivity index (χ3v) is 2.68. The predicted molar refractivity (Wildman–Crippen MR) is 70.3 cm³/mol. The van der Waals surface area contributed by atoms with Crippen molar-refractivity contribution in [2.45, 2.75) is 25.9 Å². The lowest BCUT2D eigenvalue weighted by molar-refractivity contribution is -0.144. The first-order chi connectivity index (χ1) is 9.04. The van der Waals surface area contributed by atoms with Gasteiger partial charge < -0.3 is 15.4 Å². The van der Waals surface area contributed by atoms with Crippen LogP contribution in [0.5, 0.6) is 0 Å². The van der Waals surface area contributed by atoms with Gasteiger partial charge in [-0.25, -0.2) is 4.79 Å². The summed E-state index contributed by atoms with van der Waals surface area (Å²) in [6.07, 6.45) is 3.45. The number of carbonyl (C=O) groups excluding carboxylic acids is 2. The Morgan fingerprint density at radius 1 is 1.47 bits per heavy atom. The van der Waals surface area contributed by atoms with Crippen molar-refractivity contribution in [1.82, 2.24) is 15.6 Å². The van der Waals surface area contributed by atoms with E-state index in [9.17, 15) is 9.59 Å². The number of rotatable bonds is 6. The molecule has 1 aromatic heterocycles. The van der Waals surface area contributed by atoms with Gasteiger partial charge in [-0.2, -0.15) is 0 Å². The predicted octanol–water partition coefficient (Wildman–Crippen LogP) is 0.410. The largest absolute Gasteiger partial charge is 0.467 e. The molecule has 0 bridgehead atoms. The molecule has 2 unspecified atom stereocenters. The van der Waals surface area contributed by atoms with Crippen molar-refractivity contribution in [2.75, 3.05) is 13.7 Å². The molecule has 6 nitrogen and oxygen atoms in total. The number of nitrogens with zero attached hydrogens (tertiary/aromatic N) is 1. The Morgan fingerprint density at radius 3 is 2.74 bits per heavy atom. The number of pyridine rings is 1. The molecule has 0 radical (unpaired) electrons. The van der Waals surface area contributed by atoms with Gasteiger partial charge in [0, 0.05) is 31.9 Å². The van der Waals surface area contributed by atoms with Crippen molar-refractivity contribution >= 4 is 11.9 Å². The standard InChI is InChI=1S/C13H19N3O3/c1-9(11-5-4-6-14-7-11)15-8-12(13(18)19-3)16-10(2)17/h4-7,9,12,15H,8H2,1-3H3,(H,16,17). The summed E-state index contributed by atoms with van der Waals surface area (Å²) in [6.45, 7) is 3.61. The van der Waals surface area contributed by atoms with Crippen LogP contribution in [-0.4, -0.2) is 36.6 Å². The fourth-order valence-corrected chi connectivity index (χ4v) is 1.63. The zero-order valence-electron chi connectivity index (χ0n) is 11.3. The molecule has 2 N–H and O–H groups in total. The molecule has 1 rings (SSSR count). The smallest absolute Gasteiger partial charge is 0.329 e. The Bertz CT molecular complexity index is 422. The summed E-state index contributed by atoms with van der Waals surface area (Å²) in [5.41, 5.74) is 1.01. The van der Waals surface area contributed by atoms with Crippen LogP contribution < -0.4 is 10.6 Å². The second-order valence-corrected chi connectivity index (χ2v) is 4.19. The maximum absolute atomic E-state index is 11.5. The van der Waals surface area contributed by atoms with E-state index in [4.69, 9.17) is 0 Å². The van der Waals surface area contributed by atoms with E-state index in [0.717, 1.165) is 5.56 Å². The van der Waals surface area contributed by atoms with Gasteiger partial charge in [-0.1, -0.05) is 6.07 Å². The molecule has 0 aliphatic heterocycles. The highest BCUT2D eigenvalue weighted by Crippen LogP contribution is 2.09. The molecular formula is C13H19N3O3. The third-order valence-electron chi connectivity index (χ3n) is 2.68. The lowest BCUT2D eigenvalue weighted by atomic mass is 10.1. The molecule has 6 heteroatoms. The van der Waals surface area contributed by atoms with Gasteiger partial charge in [0.15, 0.2) is 0 Å². The van der Waals surface area contributed by atoms with Crippen molar-refractivity contribution in [3.63, 3.8) is 0 Å². The third kappa shape index (κ3) is 5.05. The Kier molecular flexibility index (Phi) is 5.95. The summed E-state index contributed by atoms with van der Waals surface area (Å²) >= 11 is 0. The number of ether oxygens (including phenoxy) is 1. The summed E-state index contributed by atoms with van der Waals surface area (Å²) in [6, 6.07) is 3.12. The van der Waals surface area contributed by atoms with E-state index in [1.807, 2.05) is 19.1 Å². The van der Waals surface area contributed by atoms with Crippen LogP contribution in [0.3, 0.4) is 0 Å². The lowest BCUT2D eigenvalue weighted by Gasteiger charge is -2.19. The van der Waals surface area contributed by atoms with E-state index in [0.29, 0.717) is 6.54 Å². The molecule has 19 heavy (non-hydrogen) atoms. The van der Waals surface area contributed by atoms with Crippen LogP contribution in [-0.2, 0) is 14.3 Å². The maximum Gasteiger partial charge on any atom is 0.329 e. The number of hydrogen-bond acceptors (Lipinski definition) is 5. The van der Waals surface area contributed by atoms with Crippen LogP contribution in [0.15, 0.2) is 24.5 Å². The van der Waals surface area contributed by atoms with E-state index in [2.05, 4.69) is 20.4 Å². The molecule has 0 fully saturated rings. The molecule has 1 aromatic rings. The van der Waals surface area contributed by atoms with E-state index < -0.39 is 12.0 Å². The zero-order valence-corrected chi connectivity index (χ0v) is 11.3. The Morgan fingerprint density at radius 2 is 2.21 bits per heavy atom. The number of aromatic nitrogens is 1. The number of nitrogens with one attached hydrogen (secondary N) is 2. The first-order valence-corrected chi connectivity index (χ1v) is 6.02. The molecule has 0 saturated carbocycles. The molecule has 1 amide bonds. The average Bonchev–Trinajstić information content (AvgIpc) is 2.42. The Labute approximate surface area is 112 Å². The lowest BCUT2D eigenvalue weighted by Crippen LogP contribution is -2.47. The van der Waals surface area contributed by atoms with Crippen LogP contribution in [0, 0.1) is 0 Å². The van der Waals surface area contributed by atoms with E-state index in [1.54, 1.807) is 12.4 Å². The molecule has 0 aliphatic rings. The highest BCUT2D eigenvalue weighted by molar-refractivity contribution is 5.83. The van der Waals surface area contributed by atoms with Gasteiger partial charge in [0.1, 0.15) is 6.04 Å². The summed E-state index contributed by atoms with van der Waals surface area (Å²) in [5, 5.41) is 5.71. The Hall–Kier alpha value is -1.95. The minimum Gasteiger partial charge on any atom is -0.467 e. The summed E-state index contributed by atoms with van der Waals surface area (Å²) in [7, 11) is 1.29. The van der Waals surface area contributed by atoms with Crippen molar-refractivity contribution in [1.29, 1.82) is 0 Å². The van der Waals surface area contributed by atoms with Gasteiger partial charge in [-0.05, 0) is 18.6 Å². The maximum atomic E-state index is 11.5. The minimum atomic E-state index is -0.693. The monoisotopic (exact) mass is 265 g/mol. The number of hydrogen-bond donors (Lipinski definition) is 2. The van der Waals surface area contributed by atoms with Crippen molar-refractivity contribution in [3.8, 4) is 0 Å². The fourth-order valence-electron chi connectivity index (χ4n) is 1.63. The van der Waals surface area contributed by atoms with Crippen LogP contribution in [0.2, 0.25) is 0 Å². The number of amides is 1. The second-order valence-electron chi connectivity index (χ2n) is 4.19. The molecule has 0 aliphatic carbocycles. The second kappa shape index (κ2) is 7.48. The highest BCUT2D eigenvalue weighted by atomic mass is 16.5. The topological polar surface area (TPSA) is 80.3 Å². The molecule has 0 aromatic carbocycles. The van der Waals surface area contributed by atoms with Gasteiger partial charge >= 0.3 is 5.97 Å². The van der Waals surface area contributed by atoms with Gasteiger partial charge in [0.25, 0.3) is 0 Å². The van der Waals surface area contributed by atoms with Crippen LogP contribution in [0.1, 0.15) is 25.5 Å². The first-order valence-electron chi connectivity index (χ1n) is 6.02. The number of methoxy groups -OCH3 is 1. The summed E-state index contributed by atoms with van der Waals surface area (Å²) in [4.78, 5) is 26.6. The summed E-state index contributed by atoms with van der Waals surface area (Å²) < 4.78 is 4.65. The normalized spacial score (nSPS) is 13.4. The van der Waals surface area contributed by atoms with Crippen molar-refractivity contribution in [2.24, 2.45) is 0 Å². The van der Waals surface area contributed by atoms with Crippen LogP contribution in [0.4, 0.5) is 0 Å². The Balaban J connectivity index is 2.56. The first kappa shape index (κ1) is 15.1. The van der Waals surface area contributed by atoms with Crippen LogP contribution in [0.25, 0.3) is 0 Å². The SMILES string of the molecule is COC(=O)C(CNC(C)c1cccnc1)NC(C)=O. The molecule has 0 saturated heterocycles. The van der Waals surface area contributed by atoms with Crippen LogP contribution >= 0.6 is 0 Å². The van der Waals surface area contributed by atoms with E-state index in [1.165, 1.54) is 14.0 Å². The van der Waals surface area contributed by atoms with Crippen molar-refractivity contribution in [3.05, 3.63) is 30.1 Å². The number of esters is 1. The van der Waals surface area contributed by atoms with E-state index in [-0.39, 0.29) is 11.9 Å². The van der Waals surface area contributed by atoms with Gasteiger partial charge in [0.05, 0.1) is 7.11 Å². The van der Waals surface area contributed by atoms with Gasteiger partial charge in [0.2, 0.25) is 5.91 Å². The average molecular weight is 265 g/mol. The van der Waals surface area contributed by atoms with Gasteiger partial charge in [-0.3, -0.25) is 9.78 Å². The summed E-state index contributed by atoms with van der Waals surface area (Å²) in [5.74, 6) is -0.743. The molecule has 104 valence electrons. The van der Waals surface area contributed by atoms with Crippen molar-refractivity contribution < 1.29 is 14.3 Å².